The summed E-state index contributed by atoms with van der Waals surface area (Å²) in [6, 6.07) is 9.90. The molecule has 0 aliphatic rings. The number of nitrogens with one attached hydrogen (secondary N) is 1. The topological polar surface area (TPSA) is 73.2 Å². The lowest BCUT2D eigenvalue weighted by atomic mass is 10.2. The van der Waals surface area contributed by atoms with Crippen molar-refractivity contribution in [2.75, 3.05) is 6.61 Å². The molecule has 0 aliphatic heterocycles. The van der Waals surface area contributed by atoms with Gasteiger partial charge < -0.3 is 10.1 Å². The molecule has 1 aromatic carbocycles. The van der Waals surface area contributed by atoms with Gasteiger partial charge in [-0.1, -0.05) is 55.3 Å². The molecule has 1 N–H and O–H groups in total. The normalized spacial score (nSPS) is 12.1. The summed E-state index contributed by atoms with van der Waals surface area (Å²) in [7, 11) is 0. The standard InChI is InChI=1S/C21H26ClN3O3/c1-4-8-15(2)23-19(26)14-28-20(27)12-11-18-16(3)24-25(21(18)22)13-17-9-6-5-7-10-17/h5-7,9-12,15H,4,8,13-14H2,1-3H3,(H,23,26)/b12-11+/t15-/m0/s1. The predicted octanol–water partition coefficient (Wildman–Crippen LogP) is 3.75. The Balaban J connectivity index is 1.92. The monoisotopic (exact) mass is 403 g/mol. The molecule has 6 nitrogen and oxygen atoms in total. The molecule has 1 atom stereocenters. The molecule has 0 fully saturated rings. The van der Waals surface area contributed by atoms with Crippen LogP contribution in [-0.2, 0) is 20.9 Å². The largest absolute Gasteiger partial charge is 0.452 e. The highest BCUT2D eigenvalue weighted by molar-refractivity contribution is 6.31. The zero-order valence-electron chi connectivity index (χ0n) is 16.4. The third-order valence-electron chi connectivity index (χ3n) is 4.15. The maximum Gasteiger partial charge on any atom is 0.331 e. The van der Waals surface area contributed by atoms with E-state index in [0.717, 1.165) is 18.4 Å². The Bertz CT molecular complexity index is 831. The molecule has 2 aromatic rings. The van der Waals surface area contributed by atoms with E-state index in [0.29, 0.717) is 23.0 Å². The molecule has 1 aromatic heterocycles. The fourth-order valence-electron chi connectivity index (χ4n) is 2.78. The quantitative estimate of drug-likeness (QED) is 0.511. The summed E-state index contributed by atoms with van der Waals surface area (Å²) in [6.07, 6.45) is 4.67. The third-order valence-corrected chi connectivity index (χ3v) is 4.54. The highest BCUT2D eigenvalue weighted by atomic mass is 35.5. The Morgan fingerprint density at radius 1 is 1.32 bits per heavy atom. The fourth-order valence-corrected chi connectivity index (χ4v) is 3.07. The molecule has 2 rings (SSSR count). The van der Waals surface area contributed by atoms with Gasteiger partial charge in [0.25, 0.3) is 5.91 Å². The van der Waals surface area contributed by atoms with E-state index in [1.54, 1.807) is 10.8 Å². The number of amides is 1. The number of rotatable bonds is 9. The van der Waals surface area contributed by atoms with E-state index in [-0.39, 0.29) is 18.6 Å². The first-order chi connectivity index (χ1) is 13.4. The maximum atomic E-state index is 11.9. The van der Waals surface area contributed by atoms with Gasteiger partial charge in [0.1, 0.15) is 5.15 Å². The van der Waals surface area contributed by atoms with Gasteiger partial charge in [-0.2, -0.15) is 5.10 Å². The highest BCUT2D eigenvalue weighted by Crippen LogP contribution is 2.22. The summed E-state index contributed by atoms with van der Waals surface area (Å²) < 4.78 is 6.66. The number of ether oxygens (including phenoxy) is 1. The van der Waals surface area contributed by atoms with Gasteiger partial charge in [-0.05, 0) is 31.9 Å². The second kappa shape index (κ2) is 10.7. The van der Waals surface area contributed by atoms with Crippen molar-refractivity contribution in [3.8, 4) is 0 Å². The number of carbonyl (C=O) groups is 2. The van der Waals surface area contributed by atoms with Gasteiger partial charge in [0.15, 0.2) is 6.61 Å². The molecule has 0 saturated carbocycles. The minimum absolute atomic E-state index is 0.0589. The number of hydrogen-bond donors (Lipinski definition) is 1. The molecule has 0 spiro atoms. The van der Waals surface area contributed by atoms with E-state index in [2.05, 4.69) is 10.4 Å². The molecule has 0 bridgehead atoms. The lowest BCUT2D eigenvalue weighted by Crippen LogP contribution is -2.35. The summed E-state index contributed by atoms with van der Waals surface area (Å²) in [6.45, 7) is 6.01. The Morgan fingerprint density at radius 3 is 2.71 bits per heavy atom. The van der Waals surface area contributed by atoms with Crippen LogP contribution in [0.5, 0.6) is 0 Å². The van der Waals surface area contributed by atoms with Gasteiger partial charge in [0.2, 0.25) is 0 Å². The Morgan fingerprint density at radius 2 is 2.04 bits per heavy atom. The van der Waals surface area contributed by atoms with Gasteiger partial charge >= 0.3 is 5.97 Å². The van der Waals surface area contributed by atoms with Crippen LogP contribution < -0.4 is 5.32 Å². The Kier molecular flexibility index (Phi) is 8.26. The summed E-state index contributed by atoms with van der Waals surface area (Å²) in [5.74, 6) is -0.919. The first kappa shape index (κ1) is 21.7. The van der Waals surface area contributed by atoms with Crippen molar-refractivity contribution in [3.63, 3.8) is 0 Å². The SMILES string of the molecule is CCC[C@H](C)NC(=O)COC(=O)/C=C/c1c(C)nn(Cc2ccccc2)c1Cl. The van der Waals surface area contributed by atoms with Crippen LogP contribution in [0.25, 0.3) is 6.08 Å². The second-order valence-electron chi connectivity index (χ2n) is 6.63. The van der Waals surface area contributed by atoms with Crippen molar-refractivity contribution in [1.29, 1.82) is 0 Å². The summed E-state index contributed by atoms with van der Waals surface area (Å²) in [5, 5.41) is 7.65. The van der Waals surface area contributed by atoms with E-state index >= 15 is 0 Å². The van der Waals surface area contributed by atoms with E-state index in [4.69, 9.17) is 16.3 Å². The Labute approximate surface area is 170 Å². The van der Waals surface area contributed by atoms with Gasteiger partial charge in [0.05, 0.1) is 12.2 Å². The molecule has 0 saturated heterocycles. The van der Waals surface area contributed by atoms with Crippen LogP contribution in [0.15, 0.2) is 36.4 Å². The molecule has 0 aliphatic carbocycles. The van der Waals surface area contributed by atoms with E-state index in [1.165, 1.54) is 6.08 Å². The zero-order valence-corrected chi connectivity index (χ0v) is 17.2. The smallest absolute Gasteiger partial charge is 0.331 e. The molecule has 28 heavy (non-hydrogen) atoms. The number of aryl methyl sites for hydroxylation is 1. The van der Waals surface area contributed by atoms with Crippen molar-refractivity contribution in [3.05, 3.63) is 58.4 Å². The summed E-state index contributed by atoms with van der Waals surface area (Å²) >= 11 is 6.41. The fraction of sp³-hybridized carbons (Fsp3) is 0.381. The first-order valence-electron chi connectivity index (χ1n) is 9.31. The maximum absolute atomic E-state index is 11.9. The van der Waals surface area contributed by atoms with Crippen molar-refractivity contribution >= 4 is 29.6 Å². The lowest BCUT2D eigenvalue weighted by Gasteiger charge is -2.12. The van der Waals surface area contributed by atoms with Gasteiger partial charge in [-0.25, -0.2) is 9.48 Å². The lowest BCUT2D eigenvalue weighted by molar-refractivity contribution is -0.144. The third kappa shape index (κ3) is 6.53. The molecule has 7 heteroatoms. The van der Waals surface area contributed by atoms with E-state index in [9.17, 15) is 9.59 Å². The molecule has 1 amide bonds. The number of nitrogens with zero attached hydrogens (tertiary/aromatic N) is 2. The second-order valence-corrected chi connectivity index (χ2v) is 6.99. The van der Waals surface area contributed by atoms with Crippen LogP contribution in [0, 0.1) is 6.92 Å². The van der Waals surface area contributed by atoms with Crippen LogP contribution in [-0.4, -0.2) is 34.3 Å². The van der Waals surface area contributed by atoms with Crippen molar-refractivity contribution in [2.45, 2.75) is 46.2 Å². The molecule has 0 unspecified atom stereocenters. The van der Waals surface area contributed by atoms with Crippen LogP contribution in [0.3, 0.4) is 0 Å². The molecule has 1 heterocycles. The van der Waals surface area contributed by atoms with Gasteiger partial charge in [-0.3, -0.25) is 4.79 Å². The summed E-state index contributed by atoms with van der Waals surface area (Å²) in [4.78, 5) is 23.6. The number of benzene rings is 1. The predicted molar refractivity (Wildman–Crippen MR) is 110 cm³/mol. The highest BCUT2D eigenvalue weighted by Gasteiger charge is 2.13. The van der Waals surface area contributed by atoms with Crippen LogP contribution in [0.1, 0.15) is 43.5 Å². The minimum Gasteiger partial charge on any atom is -0.452 e. The molecular weight excluding hydrogens is 378 g/mol. The molecular formula is C21H26ClN3O3. The molecule has 0 radical (unpaired) electrons. The number of carbonyl (C=O) groups excluding carboxylic acids is 2. The molecule has 150 valence electrons. The minimum atomic E-state index is -0.607. The number of halogens is 1. The van der Waals surface area contributed by atoms with Gasteiger partial charge in [-0.15, -0.1) is 0 Å². The van der Waals surface area contributed by atoms with Crippen molar-refractivity contribution in [1.82, 2.24) is 15.1 Å². The van der Waals surface area contributed by atoms with Crippen LogP contribution in [0.4, 0.5) is 0 Å². The average Bonchev–Trinajstić information content (AvgIpc) is 2.92. The average molecular weight is 404 g/mol. The summed E-state index contributed by atoms with van der Waals surface area (Å²) in [5.41, 5.74) is 2.43. The Hall–Kier alpha value is -2.60. The van der Waals surface area contributed by atoms with E-state index in [1.807, 2.05) is 51.1 Å². The number of hydrogen-bond acceptors (Lipinski definition) is 4. The number of aromatic nitrogens is 2. The van der Waals surface area contributed by atoms with Gasteiger partial charge in [0, 0.05) is 17.7 Å². The van der Waals surface area contributed by atoms with Crippen molar-refractivity contribution in [2.24, 2.45) is 0 Å². The van der Waals surface area contributed by atoms with Crippen LogP contribution >= 0.6 is 11.6 Å². The zero-order chi connectivity index (χ0) is 20.5. The van der Waals surface area contributed by atoms with Crippen LogP contribution in [0.2, 0.25) is 5.15 Å². The van der Waals surface area contributed by atoms with Crippen molar-refractivity contribution < 1.29 is 14.3 Å². The first-order valence-corrected chi connectivity index (χ1v) is 9.69. The van der Waals surface area contributed by atoms with E-state index < -0.39 is 5.97 Å². The number of esters is 1.